The second kappa shape index (κ2) is 7.40. The fraction of sp³-hybridized carbons (Fsp3) is 0.526. The predicted octanol–water partition coefficient (Wildman–Crippen LogP) is 5.90. The number of nitrogens with zero attached hydrogens (tertiary/aromatic N) is 1. The van der Waals surface area contributed by atoms with Crippen LogP contribution in [0.3, 0.4) is 0 Å². The van der Waals surface area contributed by atoms with Crippen molar-refractivity contribution in [2.45, 2.75) is 56.2 Å². The molecule has 112 valence electrons. The smallest absolute Gasteiger partial charge is 0.0705 e. The zero-order valence-electron chi connectivity index (χ0n) is 12.6. The van der Waals surface area contributed by atoms with Crippen LogP contribution in [-0.2, 0) is 6.42 Å². The van der Waals surface area contributed by atoms with Crippen LogP contribution >= 0.6 is 15.9 Å². The molecule has 1 aromatic heterocycles. The van der Waals surface area contributed by atoms with Crippen molar-refractivity contribution in [3.8, 4) is 0 Å². The lowest BCUT2D eigenvalue weighted by Gasteiger charge is -2.22. The Labute approximate surface area is 136 Å². The monoisotopic (exact) mass is 345 g/mol. The molecule has 0 aliphatic heterocycles. The predicted molar refractivity (Wildman–Crippen MR) is 94.0 cm³/mol. The van der Waals surface area contributed by atoms with E-state index in [1.54, 1.807) is 0 Å². The fourth-order valence-corrected chi connectivity index (χ4v) is 4.04. The van der Waals surface area contributed by atoms with Crippen molar-refractivity contribution in [3.05, 3.63) is 42.1 Å². The lowest BCUT2D eigenvalue weighted by atomic mass is 9.85. The summed E-state index contributed by atoms with van der Waals surface area (Å²) in [5, 5.41) is 1.23. The van der Waals surface area contributed by atoms with Crippen molar-refractivity contribution >= 4 is 26.8 Å². The first kappa shape index (κ1) is 15.0. The molecule has 2 heteroatoms. The number of halogens is 1. The minimum absolute atomic E-state index is 0.563. The molecule has 1 nitrogen and oxygen atoms in total. The highest BCUT2D eigenvalue weighted by Gasteiger charge is 2.15. The van der Waals surface area contributed by atoms with Crippen LogP contribution < -0.4 is 0 Å². The Bertz CT molecular complexity index is 575. The maximum Gasteiger partial charge on any atom is 0.0705 e. The Hall–Kier alpha value is -0.890. The summed E-state index contributed by atoms with van der Waals surface area (Å²) < 4.78 is 0. The van der Waals surface area contributed by atoms with E-state index >= 15 is 0 Å². The van der Waals surface area contributed by atoms with Crippen LogP contribution in [0.25, 0.3) is 10.9 Å². The number of hydrogen-bond donors (Lipinski definition) is 0. The molecule has 1 aromatic carbocycles. The van der Waals surface area contributed by atoms with Gasteiger partial charge in [-0.25, -0.2) is 0 Å². The summed E-state index contributed by atoms with van der Waals surface area (Å²) in [7, 11) is 0. The summed E-state index contributed by atoms with van der Waals surface area (Å²) in [6, 6.07) is 12.7. The summed E-state index contributed by atoms with van der Waals surface area (Å²) in [6.07, 6.45) is 10.9. The van der Waals surface area contributed by atoms with Gasteiger partial charge in [-0.15, -0.1) is 0 Å². The average Bonchev–Trinajstić information content (AvgIpc) is 2.54. The molecule has 21 heavy (non-hydrogen) atoms. The van der Waals surface area contributed by atoms with E-state index in [0.29, 0.717) is 4.83 Å². The average molecular weight is 346 g/mol. The number of fused-ring (bicyclic) bond motifs is 1. The Kier molecular flexibility index (Phi) is 5.29. The van der Waals surface area contributed by atoms with Gasteiger partial charge in [0.2, 0.25) is 0 Å². The number of rotatable bonds is 5. The minimum Gasteiger partial charge on any atom is -0.253 e. The van der Waals surface area contributed by atoms with Crippen molar-refractivity contribution in [1.29, 1.82) is 0 Å². The highest BCUT2D eigenvalue weighted by Crippen LogP contribution is 2.29. The molecular formula is C19H24BrN. The van der Waals surface area contributed by atoms with E-state index in [2.05, 4.69) is 52.3 Å². The van der Waals surface area contributed by atoms with Gasteiger partial charge in [0.1, 0.15) is 0 Å². The Morgan fingerprint density at radius 3 is 2.71 bits per heavy atom. The second-order valence-electron chi connectivity index (χ2n) is 6.38. The van der Waals surface area contributed by atoms with Crippen LogP contribution in [0.1, 0.15) is 50.6 Å². The molecule has 0 radical (unpaired) electrons. The van der Waals surface area contributed by atoms with Crippen molar-refractivity contribution in [1.82, 2.24) is 4.98 Å². The van der Waals surface area contributed by atoms with Gasteiger partial charge in [0.05, 0.1) is 5.52 Å². The lowest BCUT2D eigenvalue weighted by Crippen LogP contribution is -2.11. The Balaban J connectivity index is 1.54. The van der Waals surface area contributed by atoms with Crippen LogP contribution in [0.5, 0.6) is 0 Å². The van der Waals surface area contributed by atoms with E-state index in [0.717, 1.165) is 17.9 Å². The molecule has 1 unspecified atom stereocenters. The third-order valence-corrected chi connectivity index (χ3v) is 5.48. The SMILES string of the molecule is BrC(CCC1CCCCC1)Cc1ccc2ccccc2n1. The zero-order valence-corrected chi connectivity index (χ0v) is 14.2. The summed E-state index contributed by atoms with van der Waals surface area (Å²) in [6.45, 7) is 0. The van der Waals surface area contributed by atoms with Gasteiger partial charge in [-0.1, -0.05) is 72.3 Å². The quantitative estimate of drug-likeness (QED) is 0.614. The summed E-state index contributed by atoms with van der Waals surface area (Å²) >= 11 is 3.87. The molecule has 1 fully saturated rings. The van der Waals surface area contributed by atoms with Gasteiger partial charge in [0.25, 0.3) is 0 Å². The third-order valence-electron chi connectivity index (χ3n) is 4.70. The maximum atomic E-state index is 4.78. The van der Waals surface area contributed by atoms with Crippen LogP contribution in [-0.4, -0.2) is 9.81 Å². The number of para-hydroxylation sites is 1. The van der Waals surface area contributed by atoms with Crippen molar-refractivity contribution in [3.63, 3.8) is 0 Å². The molecule has 1 atom stereocenters. The van der Waals surface area contributed by atoms with Crippen molar-refractivity contribution in [2.75, 3.05) is 0 Å². The highest BCUT2D eigenvalue weighted by molar-refractivity contribution is 9.09. The van der Waals surface area contributed by atoms with Gasteiger partial charge in [-0.05, 0) is 30.9 Å². The van der Waals surface area contributed by atoms with Crippen LogP contribution in [0.2, 0.25) is 0 Å². The van der Waals surface area contributed by atoms with Gasteiger partial charge in [-0.2, -0.15) is 0 Å². The fourth-order valence-electron chi connectivity index (χ4n) is 3.44. The molecule has 0 N–H and O–H groups in total. The first-order valence-corrected chi connectivity index (χ1v) is 9.21. The molecule has 0 amide bonds. The summed E-state index contributed by atoms with van der Waals surface area (Å²) in [5.74, 6) is 0.975. The topological polar surface area (TPSA) is 12.9 Å². The van der Waals surface area contributed by atoms with E-state index in [1.807, 2.05) is 0 Å². The molecule has 1 heterocycles. The molecule has 2 aromatic rings. The van der Waals surface area contributed by atoms with Crippen molar-refractivity contribution < 1.29 is 0 Å². The van der Waals surface area contributed by atoms with Gasteiger partial charge in [-0.3, -0.25) is 4.98 Å². The van der Waals surface area contributed by atoms with E-state index in [1.165, 1.54) is 56.0 Å². The van der Waals surface area contributed by atoms with E-state index in [-0.39, 0.29) is 0 Å². The normalized spacial score (nSPS) is 18.0. The number of benzene rings is 1. The summed E-state index contributed by atoms with van der Waals surface area (Å²) in [5.41, 5.74) is 2.32. The first-order valence-electron chi connectivity index (χ1n) is 8.30. The maximum absolute atomic E-state index is 4.78. The molecule has 0 saturated heterocycles. The number of pyridine rings is 1. The van der Waals surface area contributed by atoms with E-state index < -0.39 is 0 Å². The van der Waals surface area contributed by atoms with Crippen LogP contribution in [0.15, 0.2) is 36.4 Å². The second-order valence-corrected chi connectivity index (χ2v) is 7.67. The standard InChI is InChI=1S/C19H24BrN/c20-17(12-10-15-6-2-1-3-7-15)14-18-13-11-16-8-4-5-9-19(16)21-18/h4-5,8-9,11,13,15,17H,1-3,6-7,10,12,14H2. The van der Waals surface area contributed by atoms with Gasteiger partial charge >= 0.3 is 0 Å². The minimum atomic E-state index is 0.563. The highest BCUT2D eigenvalue weighted by atomic mass is 79.9. The zero-order chi connectivity index (χ0) is 14.5. The largest absolute Gasteiger partial charge is 0.253 e. The van der Waals surface area contributed by atoms with Gasteiger partial charge < -0.3 is 0 Å². The van der Waals surface area contributed by atoms with E-state index in [9.17, 15) is 0 Å². The third kappa shape index (κ3) is 4.29. The Morgan fingerprint density at radius 1 is 1.05 bits per heavy atom. The van der Waals surface area contributed by atoms with Crippen molar-refractivity contribution in [2.24, 2.45) is 5.92 Å². The van der Waals surface area contributed by atoms with Gasteiger partial charge in [0.15, 0.2) is 0 Å². The first-order chi connectivity index (χ1) is 10.3. The molecule has 1 saturated carbocycles. The van der Waals surface area contributed by atoms with Crippen LogP contribution in [0.4, 0.5) is 0 Å². The lowest BCUT2D eigenvalue weighted by molar-refractivity contribution is 0.331. The van der Waals surface area contributed by atoms with E-state index in [4.69, 9.17) is 4.98 Å². The Morgan fingerprint density at radius 2 is 1.86 bits per heavy atom. The molecule has 1 aliphatic carbocycles. The molecule has 3 rings (SSSR count). The molecule has 1 aliphatic rings. The van der Waals surface area contributed by atoms with Gasteiger partial charge in [0, 0.05) is 22.3 Å². The molecule has 0 spiro atoms. The molecular weight excluding hydrogens is 322 g/mol. The van der Waals surface area contributed by atoms with Crippen LogP contribution in [0, 0.1) is 5.92 Å². The number of alkyl halides is 1. The number of hydrogen-bond acceptors (Lipinski definition) is 1. The molecule has 0 bridgehead atoms. The summed E-state index contributed by atoms with van der Waals surface area (Å²) in [4.78, 5) is 5.34. The number of aromatic nitrogens is 1.